The van der Waals surface area contributed by atoms with Gasteiger partial charge in [0.05, 0.1) is 6.54 Å². The average molecular weight is 472 g/mol. The Morgan fingerprint density at radius 2 is 1.62 bits per heavy atom. The van der Waals surface area contributed by atoms with Crippen molar-refractivity contribution in [1.82, 2.24) is 10.6 Å². The van der Waals surface area contributed by atoms with Crippen molar-refractivity contribution in [3.05, 3.63) is 59.7 Å². The summed E-state index contributed by atoms with van der Waals surface area (Å²) in [5.74, 6) is -7.19. The minimum atomic E-state index is -4.05. The molecule has 2 aromatic carbocycles. The number of halogens is 2. The van der Waals surface area contributed by atoms with E-state index in [4.69, 9.17) is 9.84 Å². The normalized spacial score (nSPS) is 16.1. The van der Waals surface area contributed by atoms with Crippen LogP contribution in [0.4, 0.5) is 13.6 Å². The van der Waals surface area contributed by atoms with E-state index in [0.29, 0.717) is 0 Å². The third-order valence-corrected chi connectivity index (χ3v) is 6.59. The number of rotatable bonds is 9. The monoisotopic (exact) mass is 472 g/mol. The number of carboxylic acids is 1. The number of hydrogen-bond acceptors (Lipinski definition) is 4. The number of amides is 2. The summed E-state index contributed by atoms with van der Waals surface area (Å²) in [6.45, 7) is -1.18. The number of carbonyl (C=O) groups excluding carboxylic acids is 2. The molecule has 180 valence electrons. The van der Waals surface area contributed by atoms with Crippen LogP contribution in [-0.4, -0.2) is 48.2 Å². The molecule has 3 N–H and O–H groups in total. The van der Waals surface area contributed by atoms with Crippen LogP contribution < -0.4 is 10.6 Å². The van der Waals surface area contributed by atoms with E-state index in [1.807, 2.05) is 53.8 Å². The number of benzene rings is 2. The number of alkyl carbamates (subject to hydrolysis) is 1. The summed E-state index contributed by atoms with van der Waals surface area (Å²) in [6, 6.07) is 15.3. The molecule has 0 saturated heterocycles. The molecule has 1 fully saturated rings. The van der Waals surface area contributed by atoms with Gasteiger partial charge in [0, 0.05) is 18.4 Å². The van der Waals surface area contributed by atoms with Crippen molar-refractivity contribution in [3.8, 4) is 11.1 Å². The molecule has 0 bridgehead atoms. The fourth-order valence-electron chi connectivity index (χ4n) is 4.53. The van der Waals surface area contributed by atoms with Crippen LogP contribution in [0.15, 0.2) is 48.5 Å². The second-order valence-electron chi connectivity index (χ2n) is 8.76. The summed E-state index contributed by atoms with van der Waals surface area (Å²) in [7, 11) is 0. The van der Waals surface area contributed by atoms with Gasteiger partial charge in [0.2, 0.25) is 5.91 Å². The predicted molar refractivity (Wildman–Crippen MR) is 120 cm³/mol. The number of ether oxygens (including phenoxy) is 1. The molecule has 0 aromatic heterocycles. The molecular formula is C25H26F2N2O5. The van der Waals surface area contributed by atoms with Gasteiger partial charge >= 0.3 is 18.0 Å². The van der Waals surface area contributed by atoms with Gasteiger partial charge in [-0.3, -0.25) is 4.79 Å². The van der Waals surface area contributed by atoms with E-state index >= 15 is 0 Å². The predicted octanol–water partition coefficient (Wildman–Crippen LogP) is 3.92. The Hall–Kier alpha value is -3.49. The summed E-state index contributed by atoms with van der Waals surface area (Å²) in [6.07, 6.45) is 1.64. The third kappa shape index (κ3) is 5.03. The number of carboxylic acid groups (broad SMARTS) is 1. The first kappa shape index (κ1) is 23.7. The summed E-state index contributed by atoms with van der Waals surface area (Å²) in [5, 5.41) is 13.2. The maximum Gasteiger partial charge on any atom is 0.407 e. The van der Waals surface area contributed by atoms with Crippen molar-refractivity contribution >= 4 is 18.0 Å². The third-order valence-electron chi connectivity index (χ3n) is 6.59. The summed E-state index contributed by atoms with van der Waals surface area (Å²) < 4.78 is 32.0. The molecule has 0 spiro atoms. The van der Waals surface area contributed by atoms with Gasteiger partial charge < -0.3 is 20.5 Å². The van der Waals surface area contributed by atoms with Crippen LogP contribution in [0.25, 0.3) is 11.1 Å². The minimum Gasteiger partial charge on any atom is -0.477 e. The second kappa shape index (κ2) is 9.79. The van der Waals surface area contributed by atoms with Crippen molar-refractivity contribution < 1.29 is 33.0 Å². The highest BCUT2D eigenvalue weighted by Crippen LogP contribution is 2.44. The van der Waals surface area contributed by atoms with E-state index in [1.165, 1.54) is 0 Å². The molecule has 2 aliphatic rings. The maximum atomic E-state index is 13.2. The lowest BCUT2D eigenvalue weighted by atomic mass is 9.78. The first-order valence-electron chi connectivity index (χ1n) is 11.3. The van der Waals surface area contributed by atoms with Crippen molar-refractivity contribution in [3.63, 3.8) is 0 Å². The first-order chi connectivity index (χ1) is 16.3. The molecule has 2 aromatic rings. The van der Waals surface area contributed by atoms with Gasteiger partial charge in [-0.25, -0.2) is 9.59 Å². The van der Waals surface area contributed by atoms with E-state index in [-0.39, 0.29) is 24.9 Å². The Morgan fingerprint density at radius 3 is 2.15 bits per heavy atom. The van der Waals surface area contributed by atoms with Gasteiger partial charge in [0.15, 0.2) is 0 Å². The van der Waals surface area contributed by atoms with Crippen LogP contribution in [0.3, 0.4) is 0 Å². The van der Waals surface area contributed by atoms with E-state index in [2.05, 4.69) is 5.32 Å². The zero-order valence-corrected chi connectivity index (χ0v) is 18.4. The lowest BCUT2D eigenvalue weighted by Gasteiger charge is -2.33. The van der Waals surface area contributed by atoms with Gasteiger partial charge in [0.1, 0.15) is 6.61 Å². The lowest BCUT2D eigenvalue weighted by molar-refractivity contribution is -0.164. The van der Waals surface area contributed by atoms with Gasteiger partial charge in [0.25, 0.3) is 0 Å². The maximum absolute atomic E-state index is 13.2. The van der Waals surface area contributed by atoms with Crippen molar-refractivity contribution in [1.29, 1.82) is 0 Å². The fraction of sp³-hybridized carbons (Fsp3) is 0.400. The molecule has 0 heterocycles. The van der Waals surface area contributed by atoms with Crippen LogP contribution in [0, 0.1) is 5.92 Å². The standard InChI is InChI=1S/C25H26F2N2O5/c26-25(27,23(31)32)14-28-22(30)12-21(15-6-5-7-15)29-24(33)34-13-20-18-10-3-1-8-16(18)17-9-2-4-11-19(17)20/h1-4,8-11,15,20-21H,5-7,12-14H2,(H,28,30)(H,29,33)(H,31,32). The number of carbonyl (C=O) groups is 3. The molecule has 7 nitrogen and oxygen atoms in total. The Balaban J connectivity index is 1.35. The zero-order chi connectivity index (χ0) is 24.3. The number of aliphatic carboxylic acids is 1. The highest BCUT2D eigenvalue weighted by Gasteiger charge is 2.39. The Bertz CT molecular complexity index is 1040. The van der Waals surface area contributed by atoms with Crippen molar-refractivity contribution in [2.45, 2.75) is 43.6 Å². The lowest BCUT2D eigenvalue weighted by Crippen LogP contribution is -2.48. The van der Waals surface area contributed by atoms with Crippen molar-refractivity contribution in [2.24, 2.45) is 5.92 Å². The van der Waals surface area contributed by atoms with Crippen molar-refractivity contribution in [2.75, 3.05) is 13.2 Å². The molecule has 34 heavy (non-hydrogen) atoms. The fourth-order valence-corrected chi connectivity index (χ4v) is 4.53. The smallest absolute Gasteiger partial charge is 0.407 e. The van der Waals surface area contributed by atoms with E-state index in [1.54, 1.807) is 0 Å². The summed E-state index contributed by atoms with van der Waals surface area (Å²) in [5.41, 5.74) is 4.36. The molecular weight excluding hydrogens is 446 g/mol. The number of hydrogen-bond donors (Lipinski definition) is 3. The number of fused-ring (bicyclic) bond motifs is 3. The average Bonchev–Trinajstić information content (AvgIpc) is 3.09. The number of nitrogens with one attached hydrogen (secondary N) is 2. The second-order valence-corrected chi connectivity index (χ2v) is 8.76. The Labute approximate surface area is 195 Å². The van der Waals surface area contributed by atoms with E-state index in [0.717, 1.165) is 41.5 Å². The molecule has 0 radical (unpaired) electrons. The van der Waals surface area contributed by atoms with Gasteiger partial charge in [-0.15, -0.1) is 0 Å². The molecule has 9 heteroatoms. The Kier molecular flexibility index (Phi) is 6.81. The summed E-state index contributed by atoms with van der Waals surface area (Å²) in [4.78, 5) is 35.3. The molecule has 1 unspecified atom stereocenters. The first-order valence-corrected chi connectivity index (χ1v) is 11.3. The topological polar surface area (TPSA) is 105 Å². The quantitative estimate of drug-likeness (QED) is 0.513. The summed E-state index contributed by atoms with van der Waals surface area (Å²) >= 11 is 0. The molecule has 1 saturated carbocycles. The largest absolute Gasteiger partial charge is 0.477 e. The van der Waals surface area contributed by atoms with Crippen LogP contribution in [-0.2, 0) is 14.3 Å². The minimum absolute atomic E-state index is 0.0335. The Morgan fingerprint density at radius 1 is 1.03 bits per heavy atom. The molecule has 4 rings (SSSR count). The highest BCUT2D eigenvalue weighted by molar-refractivity contribution is 5.81. The van der Waals surface area contributed by atoms with E-state index < -0.39 is 36.5 Å². The SMILES string of the molecule is O=C(CC(NC(=O)OCC1c2ccccc2-c2ccccc21)C1CCC1)NCC(F)(F)C(=O)O. The van der Waals surface area contributed by atoms with Crippen LogP contribution in [0.5, 0.6) is 0 Å². The van der Waals surface area contributed by atoms with Crippen LogP contribution >= 0.6 is 0 Å². The van der Waals surface area contributed by atoms with Crippen LogP contribution in [0.2, 0.25) is 0 Å². The van der Waals surface area contributed by atoms with Gasteiger partial charge in [-0.05, 0) is 41.0 Å². The number of alkyl halides is 2. The van der Waals surface area contributed by atoms with Crippen LogP contribution in [0.1, 0.15) is 42.7 Å². The molecule has 1 atom stereocenters. The molecule has 2 amide bonds. The van der Waals surface area contributed by atoms with E-state index in [9.17, 15) is 23.2 Å². The zero-order valence-electron chi connectivity index (χ0n) is 18.4. The highest BCUT2D eigenvalue weighted by atomic mass is 19.3. The molecule has 0 aliphatic heterocycles. The van der Waals surface area contributed by atoms with Gasteiger partial charge in [-0.1, -0.05) is 55.0 Å². The molecule has 2 aliphatic carbocycles. The van der Waals surface area contributed by atoms with Gasteiger partial charge in [-0.2, -0.15) is 8.78 Å².